The maximum absolute atomic E-state index is 13.6. The number of aryl methyl sites for hydroxylation is 2. The first-order valence-electron chi connectivity index (χ1n) is 8.96. The molecular formula is C19H21F2N3O2. The largest absolute Gasteiger partial charge is 0.377 e. The number of hydrogen-bond donors (Lipinski definition) is 0. The van der Waals surface area contributed by atoms with Gasteiger partial charge in [-0.15, -0.1) is 0 Å². The molecule has 138 valence electrons. The Bertz CT molecular complexity index is 765. The molecule has 0 saturated carbocycles. The first-order valence-corrected chi connectivity index (χ1v) is 8.96. The summed E-state index contributed by atoms with van der Waals surface area (Å²) in [6.07, 6.45) is 5.96. The maximum Gasteiger partial charge on any atom is 0.226 e. The van der Waals surface area contributed by atoms with Gasteiger partial charge in [0, 0.05) is 43.9 Å². The van der Waals surface area contributed by atoms with Gasteiger partial charge < -0.3 is 14.2 Å². The van der Waals surface area contributed by atoms with E-state index in [0.29, 0.717) is 18.7 Å². The summed E-state index contributed by atoms with van der Waals surface area (Å²) in [6, 6.07) is 2.95. The molecule has 5 nitrogen and oxygen atoms in total. The maximum atomic E-state index is 13.6. The van der Waals surface area contributed by atoms with E-state index in [2.05, 4.69) is 9.55 Å². The molecule has 1 aromatic heterocycles. The molecule has 0 spiro atoms. The zero-order chi connectivity index (χ0) is 18.1. The first-order chi connectivity index (χ1) is 12.6. The molecular weight excluding hydrogens is 340 g/mol. The summed E-state index contributed by atoms with van der Waals surface area (Å²) in [6.45, 7) is 1.88. The topological polar surface area (TPSA) is 47.4 Å². The lowest BCUT2D eigenvalue weighted by molar-refractivity contribution is -0.145. The van der Waals surface area contributed by atoms with Crippen LogP contribution >= 0.6 is 0 Å². The van der Waals surface area contributed by atoms with Gasteiger partial charge in [-0.1, -0.05) is 0 Å². The van der Waals surface area contributed by atoms with Crippen molar-refractivity contribution in [1.29, 1.82) is 0 Å². The Kier molecular flexibility index (Phi) is 4.72. The monoisotopic (exact) mass is 361 g/mol. The van der Waals surface area contributed by atoms with Crippen LogP contribution in [0.1, 0.15) is 30.3 Å². The third-order valence-electron chi connectivity index (χ3n) is 5.27. The molecule has 2 atom stereocenters. The van der Waals surface area contributed by atoms with Crippen LogP contribution in [0.25, 0.3) is 0 Å². The minimum absolute atomic E-state index is 0.0359. The number of ether oxygens (including phenoxy) is 1. The lowest BCUT2D eigenvalue weighted by atomic mass is 9.96. The molecule has 0 bridgehead atoms. The van der Waals surface area contributed by atoms with Crippen LogP contribution < -0.4 is 0 Å². The Hall–Kier alpha value is -2.28. The summed E-state index contributed by atoms with van der Waals surface area (Å²) in [7, 11) is 0. The number of halogens is 2. The van der Waals surface area contributed by atoms with Crippen LogP contribution in [0.5, 0.6) is 0 Å². The fraction of sp³-hybridized carbons (Fsp3) is 0.474. The van der Waals surface area contributed by atoms with Crippen molar-refractivity contribution in [3.63, 3.8) is 0 Å². The van der Waals surface area contributed by atoms with Gasteiger partial charge in [0.1, 0.15) is 17.5 Å². The molecule has 2 aliphatic rings. The lowest BCUT2D eigenvalue weighted by Crippen LogP contribution is -2.46. The minimum Gasteiger partial charge on any atom is -0.377 e. The number of carbonyl (C=O) groups is 1. The number of benzene rings is 1. The van der Waals surface area contributed by atoms with Crippen molar-refractivity contribution < 1.29 is 18.3 Å². The summed E-state index contributed by atoms with van der Waals surface area (Å²) in [5, 5.41) is 0. The number of nitrogens with zero attached hydrogens (tertiary/aromatic N) is 3. The molecule has 3 heterocycles. The minimum atomic E-state index is -0.641. The van der Waals surface area contributed by atoms with Gasteiger partial charge in [-0.05, 0) is 30.5 Å². The molecule has 0 N–H and O–H groups in total. The van der Waals surface area contributed by atoms with Gasteiger partial charge in [0.05, 0.1) is 19.3 Å². The molecule has 1 amide bonds. The van der Waals surface area contributed by atoms with Crippen LogP contribution in [0.2, 0.25) is 0 Å². The van der Waals surface area contributed by atoms with Gasteiger partial charge in [0.15, 0.2) is 0 Å². The number of fused-ring (bicyclic) bond motifs is 1. The van der Waals surface area contributed by atoms with Crippen molar-refractivity contribution in [2.24, 2.45) is 5.92 Å². The number of morpholine rings is 1. The average Bonchev–Trinajstić information content (AvgIpc) is 2.99. The van der Waals surface area contributed by atoms with Crippen molar-refractivity contribution in [2.45, 2.75) is 31.8 Å². The molecule has 4 rings (SSSR count). The van der Waals surface area contributed by atoms with Crippen molar-refractivity contribution in [1.82, 2.24) is 14.5 Å². The SMILES string of the molecule is O=C(C1CCc2nccn2CC1)N1CCOCC1c1cc(F)cc(F)c1. The van der Waals surface area contributed by atoms with E-state index in [-0.39, 0.29) is 18.4 Å². The van der Waals surface area contributed by atoms with E-state index >= 15 is 0 Å². The Balaban J connectivity index is 1.54. The second kappa shape index (κ2) is 7.15. The lowest BCUT2D eigenvalue weighted by Gasteiger charge is -2.38. The third-order valence-corrected chi connectivity index (χ3v) is 5.27. The number of hydrogen-bond acceptors (Lipinski definition) is 3. The predicted octanol–water partition coefficient (Wildman–Crippen LogP) is 2.71. The van der Waals surface area contributed by atoms with Gasteiger partial charge in [-0.25, -0.2) is 13.8 Å². The first kappa shape index (κ1) is 17.1. The van der Waals surface area contributed by atoms with Gasteiger partial charge in [0.2, 0.25) is 5.91 Å². The molecule has 1 aromatic carbocycles. The predicted molar refractivity (Wildman–Crippen MR) is 90.3 cm³/mol. The summed E-state index contributed by atoms with van der Waals surface area (Å²) >= 11 is 0. The Morgan fingerprint density at radius 3 is 2.77 bits per heavy atom. The average molecular weight is 361 g/mol. The molecule has 2 aliphatic heterocycles. The van der Waals surface area contributed by atoms with Crippen molar-refractivity contribution in [3.8, 4) is 0 Å². The normalized spacial score (nSPS) is 23.4. The summed E-state index contributed by atoms with van der Waals surface area (Å²) in [5.74, 6) is -0.355. The second-order valence-corrected chi connectivity index (χ2v) is 6.89. The molecule has 0 aliphatic carbocycles. The van der Waals surface area contributed by atoms with Crippen molar-refractivity contribution in [2.75, 3.05) is 19.8 Å². The van der Waals surface area contributed by atoms with E-state index in [4.69, 9.17) is 4.74 Å². The number of carbonyl (C=O) groups excluding carboxylic acids is 1. The Morgan fingerprint density at radius 1 is 1.15 bits per heavy atom. The number of aromatic nitrogens is 2. The van der Waals surface area contributed by atoms with Crippen molar-refractivity contribution >= 4 is 5.91 Å². The molecule has 26 heavy (non-hydrogen) atoms. The highest BCUT2D eigenvalue weighted by atomic mass is 19.1. The van der Waals surface area contributed by atoms with E-state index < -0.39 is 17.7 Å². The van der Waals surface area contributed by atoms with E-state index in [1.807, 2.05) is 6.20 Å². The zero-order valence-electron chi connectivity index (χ0n) is 14.4. The quantitative estimate of drug-likeness (QED) is 0.826. The number of amides is 1. The molecule has 0 radical (unpaired) electrons. The number of imidazole rings is 1. The second-order valence-electron chi connectivity index (χ2n) is 6.89. The Morgan fingerprint density at radius 2 is 1.96 bits per heavy atom. The zero-order valence-corrected chi connectivity index (χ0v) is 14.4. The smallest absolute Gasteiger partial charge is 0.226 e. The van der Waals surface area contributed by atoms with Crippen LogP contribution in [0.3, 0.4) is 0 Å². The molecule has 2 aromatic rings. The highest BCUT2D eigenvalue weighted by molar-refractivity contribution is 5.79. The van der Waals surface area contributed by atoms with Gasteiger partial charge >= 0.3 is 0 Å². The van der Waals surface area contributed by atoms with Gasteiger partial charge in [-0.3, -0.25) is 4.79 Å². The molecule has 7 heteroatoms. The van der Waals surface area contributed by atoms with E-state index in [9.17, 15) is 13.6 Å². The number of rotatable bonds is 2. The third kappa shape index (κ3) is 3.35. The molecule has 1 fully saturated rings. The van der Waals surface area contributed by atoms with Crippen LogP contribution in [-0.4, -0.2) is 40.1 Å². The summed E-state index contributed by atoms with van der Waals surface area (Å²) in [4.78, 5) is 19.3. The van der Waals surface area contributed by atoms with E-state index in [1.165, 1.54) is 12.1 Å². The van der Waals surface area contributed by atoms with Crippen LogP contribution in [0.4, 0.5) is 8.78 Å². The summed E-state index contributed by atoms with van der Waals surface area (Å²) < 4.78 is 34.9. The summed E-state index contributed by atoms with van der Waals surface area (Å²) in [5.41, 5.74) is 0.442. The fourth-order valence-corrected chi connectivity index (χ4v) is 3.91. The van der Waals surface area contributed by atoms with Crippen molar-refractivity contribution in [3.05, 3.63) is 53.6 Å². The van der Waals surface area contributed by atoms with E-state index in [1.54, 1.807) is 11.1 Å². The highest BCUT2D eigenvalue weighted by Crippen LogP contribution is 2.30. The molecule has 2 unspecified atom stereocenters. The van der Waals surface area contributed by atoms with Crippen LogP contribution in [0.15, 0.2) is 30.6 Å². The Labute approximate surface area is 150 Å². The highest BCUT2D eigenvalue weighted by Gasteiger charge is 2.34. The van der Waals surface area contributed by atoms with Gasteiger partial charge in [-0.2, -0.15) is 0 Å². The van der Waals surface area contributed by atoms with E-state index in [0.717, 1.165) is 37.7 Å². The van der Waals surface area contributed by atoms with Gasteiger partial charge in [0.25, 0.3) is 0 Å². The van der Waals surface area contributed by atoms with Crippen LogP contribution in [-0.2, 0) is 22.5 Å². The van der Waals surface area contributed by atoms with Crippen LogP contribution in [0, 0.1) is 17.6 Å². The fourth-order valence-electron chi connectivity index (χ4n) is 3.91. The standard InChI is InChI=1S/C19H21F2N3O2/c20-15-9-14(10-16(21)11-15)17-12-26-8-7-24(17)19(25)13-1-2-18-22-4-6-23(18)5-3-13/h4,6,9-11,13,17H,1-3,5,7-8,12H2. The molecule has 1 saturated heterocycles.